The van der Waals surface area contributed by atoms with Crippen LogP contribution in [0.2, 0.25) is 0 Å². The van der Waals surface area contributed by atoms with Gasteiger partial charge in [0.05, 0.1) is 5.35 Å². The number of rotatable bonds is 0. The first-order chi connectivity index (χ1) is 6.86. The zero-order chi connectivity index (χ0) is 9.54. The maximum Gasteiger partial charge on any atom is 0.116 e. The van der Waals surface area contributed by atoms with Crippen LogP contribution < -0.4 is 15.9 Å². The van der Waals surface area contributed by atoms with Crippen molar-refractivity contribution in [1.82, 2.24) is 15.3 Å². The van der Waals surface area contributed by atoms with Gasteiger partial charge in [0, 0.05) is 29.6 Å². The Morgan fingerprint density at radius 2 is 2.43 bits per heavy atom. The highest BCUT2D eigenvalue weighted by atomic mass is 14.9. The van der Waals surface area contributed by atoms with Crippen molar-refractivity contribution >= 4 is 11.8 Å². The van der Waals surface area contributed by atoms with E-state index in [0.717, 1.165) is 24.2 Å². The molecule has 14 heavy (non-hydrogen) atoms. The molecule has 1 saturated heterocycles. The summed E-state index contributed by atoms with van der Waals surface area (Å²) in [5.41, 5.74) is 1.36. The van der Waals surface area contributed by atoms with Gasteiger partial charge in [-0.2, -0.15) is 0 Å². The summed E-state index contributed by atoms with van der Waals surface area (Å²) in [5, 5.41) is 5.77. The summed E-state index contributed by atoms with van der Waals surface area (Å²) in [6, 6.07) is 0. The molecule has 0 amide bonds. The molecule has 1 aromatic heterocycles. The molecule has 1 N–H and O–H groups in total. The fourth-order valence-corrected chi connectivity index (χ4v) is 2.42. The maximum atomic E-state index is 4.28. The van der Waals surface area contributed by atoms with E-state index in [1.165, 1.54) is 10.9 Å². The van der Waals surface area contributed by atoms with Gasteiger partial charge >= 0.3 is 0 Å². The second kappa shape index (κ2) is 2.80. The first-order valence-electron chi connectivity index (χ1n) is 5.10. The molecule has 0 bridgehead atoms. The molecule has 1 aliphatic carbocycles. The fourth-order valence-electron chi connectivity index (χ4n) is 2.42. The first kappa shape index (κ1) is 7.97. The van der Waals surface area contributed by atoms with E-state index < -0.39 is 0 Å². The molecule has 2 atom stereocenters. The van der Waals surface area contributed by atoms with Crippen LogP contribution in [0.4, 0.5) is 0 Å². The Morgan fingerprint density at radius 3 is 3.36 bits per heavy atom. The lowest BCUT2D eigenvalue weighted by Crippen LogP contribution is -2.37. The quantitative estimate of drug-likeness (QED) is 0.602. The van der Waals surface area contributed by atoms with Crippen LogP contribution >= 0.6 is 0 Å². The summed E-state index contributed by atoms with van der Waals surface area (Å²) in [7, 11) is 0. The van der Waals surface area contributed by atoms with Crippen LogP contribution in [0.1, 0.15) is 13.3 Å². The zero-order valence-electron chi connectivity index (χ0n) is 8.20. The lowest BCUT2D eigenvalue weighted by molar-refractivity contribution is 0.506. The number of aromatic nitrogens is 2. The van der Waals surface area contributed by atoms with E-state index in [0.29, 0.717) is 5.92 Å². The minimum absolute atomic E-state index is 0.661. The van der Waals surface area contributed by atoms with Gasteiger partial charge in [-0.05, 0) is 12.3 Å². The predicted molar refractivity (Wildman–Crippen MR) is 54.4 cm³/mol. The van der Waals surface area contributed by atoms with E-state index in [4.69, 9.17) is 0 Å². The highest BCUT2D eigenvalue weighted by Crippen LogP contribution is 2.29. The average Bonchev–Trinajstić information content (AvgIpc) is 2.61. The Kier molecular flexibility index (Phi) is 1.60. The van der Waals surface area contributed by atoms with Crippen molar-refractivity contribution in [2.75, 3.05) is 6.54 Å². The van der Waals surface area contributed by atoms with Crippen molar-refractivity contribution < 1.29 is 0 Å². The molecular formula is C11H13N3. The largest absolute Gasteiger partial charge is 0.387 e. The van der Waals surface area contributed by atoms with E-state index in [1.54, 1.807) is 6.33 Å². The third kappa shape index (κ3) is 0.983. The molecule has 3 heteroatoms. The Balaban J connectivity index is 2.31. The van der Waals surface area contributed by atoms with Gasteiger partial charge in [0.2, 0.25) is 0 Å². The van der Waals surface area contributed by atoms with Gasteiger partial charge in [-0.15, -0.1) is 0 Å². The molecule has 0 saturated carbocycles. The number of hydrogen-bond acceptors (Lipinski definition) is 3. The van der Waals surface area contributed by atoms with Gasteiger partial charge < -0.3 is 5.32 Å². The van der Waals surface area contributed by atoms with Crippen molar-refractivity contribution in [1.29, 1.82) is 0 Å². The number of nitrogens with one attached hydrogen (secondary N) is 1. The van der Waals surface area contributed by atoms with Crippen LogP contribution in [0.25, 0.3) is 11.8 Å². The predicted octanol–water partition coefficient (Wildman–Crippen LogP) is -0.376. The highest BCUT2D eigenvalue weighted by Gasteiger charge is 2.29. The van der Waals surface area contributed by atoms with Crippen LogP contribution in [0.3, 0.4) is 0 Å². The zero-order valence-corrected chi connectivity index (χ0v) is 8.20. The second-order valence-corrected chi connectivity index (χ2v) is 4.14. The molecule has 72 valence electrons. The van der Waals surface area contributed by atoms with Crippen LogP contribution in [-0.4, -0.2) is 16.5 Å². The Bertz CT molecular complexity index is 478. The summed E-state index contributed by atoms with van der Waals surface area (Å²) in [4.78, 5) is 8.37. The number of hydrogen-bond donors (Lipinski definition) is 1. The normalized spacial score (nSPS) is 28.8. The Hall–Kier alpha value is -1.38. The highest BCUT2D eigenvalue weighted by molar-refractivity contribution is 5.53. The van der Waals surface area contributed by atoms with Gasteiger partial charge in [-0.25, -0.2) is 9.97 Å². The van der Waals surface area contributed by atoms with Crippen molar-refractivity contribution in [2.45, 2.75) is 13.3 Å². The first-order valence-corrected chi connectivity index (χ1v) is 5.10. The van der Waals surface area contributed by atoms with Crippen LogP contribution in [0.5, 0.6) is 0 Å². The molecule has 2 heterocycles. The van der Waals surface area contributed by atoms with Gasteiger partial charge in [-0.1, -0.05) is 13.0 Å². The van der Waals surface area contributed by atoms with Gasteiger partial charge in [0.15, 0.2) is 0 Å². The van der Waals surface area contributed by atoms with E-state index in [9.17, 15) is 0 Å². The van der Waals surface area contributed by atoms with Crippen LogP contribution in [0.15, 0.2) is 12.5 Å². The smallest absolute Gasteiger partial charge is 0.116 e. The van der Waals surface area contributed by atoms with Crippen LogP contribution in [-0.2, 0) is 0 Å². The molecular weight excluding hydrogens is 174 g/mol. The monoisotopic (exact) mass is 187 g/mol. The van der Waals surface area contributed by atoms with Crippen molar-refractivity contribution in [3.8, 4) is 0 Å². The van der Waals surface area contributed by atoms with Gasteiger partial charge in [0.1, 0.15) is 6.33 Å². The third-order valence-corrected chi connectivity index (χ3v) is 3.27. The Labute approximate surface area is 82.6 Å². The molecule has 0 radical (unpaired) electrons. The molecule has 1 aliphatic heterocycles. The van der Waals surface area contributed by atoms with Crippen molar-refractivity contribution in [3.05, 3.63) is 23.1 Å². The van der Waals surface area contributed by atoms with Gasteiger partial charge in [-0.3, -0.25) is 0 Å². The summed E-state index contributed by atoms with van der Waals surface area (Å²) < 4.78 is 0. The standard InChI is InChI=1S/C11H13N3/c1-7-4-13-11-8(7)2-3-10-9(11)5-12-6-14-10/h3,5-8,13H,2,4H2,1H3. The third-order valence-electron chi connectivity index (χ3n) is 3.27. The minimum Gasteiger partial charge on any atom is -0.387 e. The number of nitrogens with zero attached hydrogens (tertiary/aromatic N) is 2. The van der Waals surface area contributed by atoms with E-state index in [-0.39, 0.29) is 0 Å². The van der Waals surface area contributed by atoms with Gasteiger partial charge in [0.25, 0.3) is 0 Å². The Morgan fingerprint density at radius 1 is 1.50 bits per heavy atom. The molecule has 2 unspecified atom stereocenters. The summed E-state index contributed by atoms with van der Waals surface area (Å²) in [5.74, 6) is 1.39. The summed E-state index contributed by atoms with van der Waals surface area (Å²) >= 11 is 0. The molecule has 2 aliphatic rings. The second-order valence-electron chi connectivity index (χ2n) is 4.14. The van der Waals surface area contributed by atoms with Crippen molar-refractivity contribution in [3.63, 3.8) is 0 Å². The lowest BCUT2D eigenvalue weighted by Gasteiger charge is -2.16. The maximum absolute atomic E-state index is 4.28. The molecule has 3 nitrogen and oxygen atoms in total. The molecule has 3 rings (SSSR count). The summed E-state index contributed by atoms with van der Waals surface area (Å²) in [6.07, 6.45) is 6.89. The van der Waals surface area contributed by atoms with E-state index in [1.807, 2.05) is 6.20 Å². The fraction of sp³-hybridized carbons (Fsp3) is 0.455. The average molecular weight is 187 g/mol. The molecule has 1 aromatic rings. The molecule has 1 fully saturated rings. The summed E-state index contributed by atoms with van der Waals surface area (Å²) in [6.45, 7) is 3.38. The topological polar surface area (TPSA) is 37.8 Å². The van der Waals surface area contributed by atoms with Crippen LogP contribution in [0, 0.1) is 11.8 Å². The lowest BCUT2D eigenvalue weighted by atomic mass is 9.89. The number of fused-ring (bicyclic) bond motifs is 2. The molecule has 0 aromatic carbocycles. The SMILES string of the molecule is CC1CNC2=c3cncnc3=CCC21. The van der Waals surface area contributed by atoms with Crippen molar-refractivity contribution in [2.24, 2.45) is 11.8 Å². The molecule has 0 spiro atoms. The van der Waals surface area contributed by atoms with E-state index in [2.05, 4.69) is 28.3 Å². The van der Waals surface area contributed by atoms with E-state index >= 15 is 0 Å². The minimum atomic E-state index is 0.661.